The van der Waals surface area contributed by atoms with E-state index in [0.29, 0.717) is 12.5 Å². The van der Waals surface area contributed by atoms with Crippen LogP contribution in [-0.4, -0.2) is 23.3 Å². The van der Waals surface area contributed by atoms with Crippen LogP contribution in [0.1, 0.15) is 47.5 Å². The maximum atomic E-state index is 9.60. The van der Waals surface area contributed by atoms with E-state index in [4.69, 9.17) is 0 Å². The van der Waals surface area contributed by atoms with Crippen molar-refractivity contribution in [1.29, 1.82) is 0 Å². The van der Waals surface area contributed by atoms with Gasteiger partial charge in [-0.3, -0.25) is 0 Å². The lowest BCUT2D eigenvalue weighted by Gasteiger charge is -2.23. The average molecular weight is 187 g/mol. The summed E-state index contributed by atoms with van der Waals surface area (Å²) in [5, 5.41) is 12.9. The van der Waals surface area contributed by atoms with Gasteiger partial charge in [-0.25, -0.2) is 0 Å². The third-order valence-electron chi connectivity index (χ3n) is 1.95. The van der Waals surface area contributed by atoms with Crippen molar-refractivity contribution >= 4 is 0 Å². The van der Waals surface area contributed by atoms with Gasteiger partial charge in [0.25, 0.3) is 0 Å². The first-order valence-electron chi connectivity index (χ1n) is 5.24. The molecule has 0 aliphatic heterocycles. The highest BCUT2D eigenvalue weighted by Crippen LogP contribution is 2.07. The second-order valence-electron chi connectivity index (χ2n) is 5.26. The second-order valence-corrected chi connectivity index (χ2v) is 5.26. The van der Waals surface area contributed by atoms with Gasteiger partial charge in [-0.15, -0.1) is 0 Å². The van der Waals surface area contributed by atoms with Crippen molar-refractivity contribution in [3.05, 3.63) is 0 Å². The number of aliphatic hydroxyl groups excluding tert-OH is 1. The molecule has 0 aromatic carbocycles. The molecule has 0 aromatic heterocycles. The lowest BCUT2D eigenvalue weighted by molar-refractivity contribution is 0.144. The molecular formula is C11H25NO. The van der Waals surface area contributed by atoms with E-state index in [9.17, 15) is 5.11 Å². The standard InChI is InChI=1S/C11H25NO/c1-9(2)6-7-10(13)8-12-11(3,4)5/h9-10,12-13H,6-8H2,1-5H3. The van der Waals surface area contributed by atoms with Crippen molar-refractivity contribution in [2.75, 3.05) is 6.54 Å². The first-order valence-corrected chi connectivity index (χ1v) is 5.24. The molecule has 2 nitrogen and oxygen atoms in total. The molecule has 0 aromatic rings. The Bertz CT molecular complexity index is 127. The summed E-state index contributed by atoms with van der Waals surface area (Å²) in [6.45, 7) is 11.4. The molecule has 0 aliphatic rings. The van der Waals surface area contributed by atoms with Crippen molar-refractivity contribution in [3.8, 4) is 0 Å². The average Bonchev–Trinajstić information content (AvgIpc) is 1.95. The molecule has 0 amide bonds. The third kappa shape index (κ3) is 9.84. The second kappa shape index (κ2) is 5.61. The largest absolute Gasteiger partial charge is 0.392 e. The van der Waals surface area contributed by atoms with Gasteiger partial charge < -0.3 is 10.4 Å². The molecule has 1 unspecified atom stereocenters. The molecule has 0 heterocycles. The normalized spacial score (nSPS) is 15.0. The van der Waals surface area contributed by atoms with E-state index < -0.39 is 0 Å². The zero-order valence-corrected chi connectivity index (χ0v) is 9.72. The van der Waals surface area contributed by atoms with Crippen molar-refractivity contribution < 1.29 is 5.11 Å². The summed E-state index contributed by atoms with van der Waals surface area (Å²) in [5.41, 5.74) is 0.110. The minimum Gasteiger partial charge on any atom is -0.392 e. The molecule has 0 saturated carbocycles. The topological polar surface area (TPSA) is 32.3 Å². The van der Waals surface area contributed by atoms with Gasteiger partial charge in [-0.1, -0.05) is 13.8 Å². The van der Waals surface area contributed by atoms with Gasteiger partial charge in [-0.05, 0) is 39.5 Å². The van der Waals surface area contributed by atoms with Crippen LogP contribution >= 0.6 is 0 Å². The van der Waals surface area contributed by atoms with Crippen molar-refractivity contribution in [3.63, 3.8) is 0 Å². The fourth-order valence-corrected chi connectivity index (χ4v) is 1.05. The number of nitrogens with one attached hydrogen (secondary N) is 1. The van der Waals surface area contributed by atoms with E-state index in [1.165, 1.54) is 0 Å². The summed E-state index contributed by atoms with van der Waals surface area (Å²) in [6, 6.07) is 0. The maximum absolute atomic E-state index is 9.60. The lowest BCUT2D eigenvalue weighted by atomic mass is 10.0. The third-order valence-corrected chi connectivity index (χ3v) is 1.95. The Hall–Kier alpha value is -0.0800. The van der Waals surface area contributed by atoms with E-state index in [-0.39, 0.29) is 11.6 Å². The quantitative estimate of drug-likeness (QED) is 0.691. The Morgan fingerprint density at radius 3 is 2.08 bits per heavy atom. The predicted molar refractivity (Wildman–Crippen MR) is 57.8 cm³/mol. The number of rotatable bonds is 5. The molecule has 0 radical (unpaired) electrons. The summed E-state index contributed by atoms with van der Waals surface area (Å²) in [6.07, 6.45) is 1.81. The van der Waals surface area contributed by atoms with Gasteiger partial charge in [-0.2, -0.15) is 0 Å². The zero-order valence-electron chi connectivity index (χ0n) is 9.72. The number of aliphatic hydroxyl groups is 1. The van der Waals surface area contributed by atoms with Crippen LogP contribution in [0.15, 0.2) is 0 Å². The van der Waals surface area contributed by atoms with Gasteiger partial charge in [0.05, 0.1) is 6.10 Å². The summed E-state index contributed by atoms with van der Waals surface area (Å²) < 4.78 is 0. The van der Waals surface area contributed by atoms with E-state index in [1.807, 2.05) is 0 Å². The van der Waals surface area contributed by atoms with Gasteiger partial charge in [0.1, 0.15) is 0 Å². The first-order chi connectivity index (χ1) is 5.81. The predicted octanol–water partition coefficient (Wildman–Crippen LogP) is 2.17. The van der Waals surface area contributed by atoms with Crippen molar-refractivity contribution in [1.82, 2.24) is 5.32 Å². The highest BCUT2D eigenvalue weighted by atomic mass is 16.3. The Kier molecular flexibility index (Phi) is 5.57. The molecule has 0 fully saturated rings. The fraction of sp³-hybridized carbons (Fsp3) is 1.00. The molecule has 0 aliphatic carbocycles. The van der Waals surface area contributed by atoms with Gasteiger partial charge in [0.15, 0.2) is 0 Å². The number of hydrogen-bond donors (Lipinski definition) is 2. The molecular weight excluding hydrogens is 162 g/mol. The number of hydrogen-bond acceptors (Lipinski definition) is 2. The van der Waals surface area contributed by atoms with Crippen LogP contribution in [0.3, 0.4) is 0 Å². The molecule has 1 atom stereocenters. The smallest absolute Gasteiger partial charge is 0.0664 e. The fourth-order valence-electron chi connectivity index (χ4n) is 1.05. The molecule has 0 spiro atoms. The molecule has 0 bridgehead atoms. The monoisotopic (exact) mass is 187 g/mol. The van der Waals surface area contributed by atoms with Gasteiger partial charge >= 0.3 is 0 Å². The maximum Gasteiger partial charge on any atom is 0.0664 e. The van der Waals surface area contributed by atoms with Gasteiger partial charge in [0, 0.05) is 12.1 Å². The van der Waals surface area contributed by atoms with Crippen LogP contribution in [-0.2, 0) is 0 Å². The van der Waals surface area contributed by atoms with Crippen LogP contribution in [0.5, 0.6) is 0 Å². The van der Waals surface area contributed by atoms with Crippen LogP contribution in [0.2, 0.25) is 0 Å². The van der Waals surface area contributed by atoms with Crippen LogP contribution in [0.4, 0.5) is 0 Å². The minimum atomic E-state index is -0.193. The molecule has 0 rings (SSSR count). The highest BCUT2D eigenvalue weighted by molar-refractivity contribution is 4.72. The Morgan fingerprint density at radius 2 is 1.69 bits per heavy atom. The van der Waals surface area contributed by atoms with Crippen molar-refractivity contribution in [2.45, 2.75) is 59.1 Å². The zero-order chi connectivity index (χ0) is 10.5. The summed E-state index contributed by atoms with van der Waals surface area (Å²) in [5.74, 6) is 0.685. The molecule has 0 saturated heterocycles. The Balaban J connectivity index is 3.46. The SMILES string of the molecule is CC(C)CCC(O)CNC(C)(C)C. The summed E-state index contributed by atoms with van der Waals surface area (Å²) in [4.78, 5) is 0. The first kappa shape index (κ1) is 12.9. The van der Waals surface area contributed by atoms with Crippen LogP contribution in [0.25, 0.3) is 0 Å². The molecule has 80 valence electrons. The molecule has 2 heteroatoms. The van der Waals surface area contributed by atoms with E-state index in [1.54, 1.807) is 0 Å². The van der Waals surface area contributed by atoms with Crippen LogP contribution < -0.4 is 5.32 Å². The van der Waals surface area contributed by atoms with E-state index in [0.717, 1.165) is 12.8 Å². The lowest BCUT2D eigenvalue weighted by Crippen LogP contribution is -2.40. The van der Waals surface area contributed by atoms with Gasteiger partial charge in [0.2, 0.25) is 0 Å². The summed E-state index contributed by atoms with van der Waals surface area (Å²) >= 11 is 0. The number of β-amino-alcohol motifs (C(OH)–C–C–N with tert-alkyl or cyclic N) is 1. The Labute approximate surface area is 82.7 Å². The summed E-state index contributed by atoms with van der Waals surface area (Å²) in [7, 11) is 0. The van der Waals surface area contributed by atoms with Crippen molar-refractivity contribution in [2.24, 2.45) is 5.92 Å². The minimum absolute atomic E-state index is 0.110. The Morgan fingerprint density at radius 1 is 1.15 bits per heavy atom. The highest BCUT2D eigenvalue weighted by Gasteiger charge is 2.12. The molecule has 2 N–H and O–H groups in total. The molecule has 13 heavy (non-hydrogen) atoms. The van der Waals surface area contributed by atoms with Crippen LogP contribution in [0, 0.1) is 5.92 Å². The van der Waals surface area contributed by atoms with E-state index in [2.05, 4.69) is 39.9 Å². The van der Waals surface area contributed by atoms with E-state index >= 15 is 0 Å².